The van der Waals surface area contributed by atoms with Crippen LogP contribution in [0.1, 0.15) is 111 Å². The van der Waals surface area contributed by atoms with Crippen LogP contribution in [-0.4, -0.2) is 21.7 Å². The first-order valence-electron chi connectivity index (χ1n) is 10.7. The van der Waals surface area contributed by atoms with Gasteiger partial charge in [-0.1, -0.05) is 78.6 Å². The molecule has 0 bridgehead atoms. The Balaban J connectivity index is 4.50. The first-order chi connectivity index (χ1) is 12.1. The van der Waals surface area contributed by atoms with Crippen LogP contribution in [0.4, 0.5) is 0 Å². The Kier molecular flexibility index (Phi) is 16.9. The molecule has 0 aliphatic heterocycles. The van der Waals surface area contributed by atoms with Crippen molar-refractivity contribution in [2.45, 2.75) is 111 Å². The van der Waals surface area contributed by atoms with Crippen molar-refractivity contribution in [1.29, 1.82) is 0 Å². The minimum atomic E-state index is 0.432. The van der Waals surface area contributed by atoms with E-state index < -0.39 is 0 Å². The molecule has 0 saturated heterocycles. The van der Waals surface area contributed by atoms with Crippen LogP contribution in [0.15, 0.2) is 23.9 Å². The van der Waals surface area contributed by atoms with Crippen molar-refractivity contribution in [2.75, 3.05) is 6.54 Å². The molecule has 0 saturated carbocycles. The predicted molar refractivity (Wildman–Crippen MR) is 110 cm³/mol. The largest absolute Gasteiger partial charge is 0.511 e. The van der Waals surface area contributed by atoms with E-state index in [1.54, 1.807) is 0 Å². The van der Waals surface area contributed by atoms with Gasteiger partial charge in [0.25, 0.3) is 0 Å². The SMILES string of the molecule is CCCCCCC(O)=CN(C=C(O)CCCCCC)CCCCCC. The summed E-state index contributed by atoms with van der Waals surface area (Å²) in [6.45, 7) is 7.46. The summed E-state index contributed by atoms with van der Waals surface area (Å²) in [6, 6.07) is 0. The van der Waals surface area contributed by atoms with Crippen LogP contribution in [0.3, 0.4) is 0 Å². The molecule has 0 amide bonds. The fraction of sp³-hybridized carbons (Fsp3) is 0.818. The molecule has 0 aromatic rings. The molecular formula is C22H43NO2. The highest BCUT2D eigenvalue weighted by atomic mass is 16.3. The van der Waals surface area contributed by atoms with Crippen LogP contribution in [-0.2, 0) is 0 Å². The van der Waals surface area contributed by atoms with E-state index in [4.69, 9.17) is 0 Å². The van der Waals surface area contributed by atoms with Crippen LogP contribution < -0.4 is 0 Å². The molecule has 0 aromatic carbocycles. The summed E-state index contributed by atoms with van der Waals surface area (Å²) in [4.78, 5) is 1.99. The maximum atomic E-state index is 10.2. The zero-order valence-electron chi connectivity index (χ0n) is 17.1. The second-order valence-corrected chi connectivity index (χ2v) is 7.16. The summed E-state index contributed by atoms with van der Waals surface area (Å²) in [6.07, 6.45) is 19.1. The lowest BCUT2D eigenvalue weighted by molar-refractivity contribution is 0.335. The van der Waals surface area contributed by atoms with Gasteiger partial charge in [0.2, 0.25) is 0 Å². The molecule has 0 aliphatic carbocycles. The minimum absolute atomic E-state index is 0.432. The molecule has 0 unspecified atom stereocenters. The van der Waals surface area contributed by atoms with E-state index in [1.165, 1.54) is 57.8 Å². The topological polar surface area (TPSA) is 43.7 Å². The highest BCUT2D eigenvalue weighted by molar-refractivity contribution is 4.99. The van der Waals surface area contributed by atoms with E-state index in [-0.39, 0.29) is 0 Å². The summed E-state index contributed by atoms with van der Waals surface area (Å²) in [7, 11) is 0. The summed E-state index contributed by atoms with van der Waals surface area (Å²) in [5.41, 5.74) is 0. The van der Waals surface area contributed by atoms with Gasteiger partial charge < -0.3 is 15.1 Å². The van der Waals surface area contributed by atoms with Gasteiger partial charge in [-0.3, -0.25) is 0 Å². The maximum absolute atomic E-state index is 10.2. The summed E-state index contributed by atoms with van der Waals surface area (Å²) in [5, 5.41) is 20.4. The molecule has 3 nitrogen and oxygen atoms in total. The Morgan fingerprint density at radius 1 is 0.600 bits per heavy atom. The molecule has 0 fully saturated rings. The Morgan fingerprint density at radius 2 is 1.00 bits per heavy atom. The normalized spacial score (nSPS) is 12.6. The van der Waals surface area contributed by atoms with Crippen molar-refractivity contribution in [3.8, 4) is 0 Å². The van der Waals surface area contributed by atoms with Gasteiger partial charge in [-0.2, -0.15) is 0 Å². The number of aliphatic hydroxyl groups excluding tert-OH is 2. The molecule has 0 atom stereocenters. The second-order valence-electron chi connectivity index (χ2n) is 7.16. The smallest absolute Gasteiger partial charge is 0.108 e. The zero-order valence-corrected chi connectivity index (χ0v) is 17.1. The number of unbranched alkanes of at least 4 members (excludes halogenated alkanes) is 9. The van der Waals surface area contributed by atoms with E-state index in [0.717, 1.165) is 38.6 Å². The van der Waals surface area contributed by atoms with Crippen molar-refractivity contribution in [1.82, 2.24) is 4.90 Å². The van der Waals surface area contributed by atoms with Crippen molar-refractivity contribution in [2.24, 2.45) is 0 Å². The lowest BCUT2D eigenvalue weighted by atomic mass is 10.1. The Labute approximate surface area is 156 Å². The third-order valence-electron chi connectivity index (χ3n) is 4.47. The van der Waals surface area contributed by atoms with E-state index in [1.807, 2.05) is 17.3 Å². The molecule has 0 radical (unpaired) electrons. The average molecular weight is 354 g/mol. The van der Waals surface area contributed by atoms with Crippen LogP contribution in [0.25, 0.3) is 0 Å². The van der Waals surface area contributed by atoms with E-state index in [0.29, 0.717) is 11.5 Å². The van der Waals surface area contributed by atoms with Crippen molar-refractivity contribution in [3.63, 3.8) is 0 Å². The van der Waals surface area contributed by atoms with Crippen molar-refractivity contribution in [3.05, 3.63) is 23.9 Å². The number of rotatable bonds is 17. The Hall–Kier alpha value is -1.12. The highest BCUT2D eigenvalue weighted by Crippen LogP contribution is 2.13. The van der Waals surface area contributed by atoms with Crippen LogP contribution in [0.2, 0.25) is 0 Å². The molecule has 0 aliphatic rings. The van der Waals surface area contributed by atoms with Gasteiger partial charge in [0.05, 0.1) is 0 Å². The number of hydrogen-bond donors (Lipinski definition) is 2. The molecule has 2 N–H and O–H groups in total. The van der Waals surface area contributed by atoms with E-state index in [2.05, 4.69) is 20.8 Å². The maximum Gasteiger partial charge on any atom is 0.108 e. The van der Waals surface area contributed by atoms with Crippen molar-refractivity contribution >= 4 is 0 Å². The highest BCUT2D eigenvalue weighted by Gasteiger charge is 2.03. The van der Waals surface area contributed by atoms with Crippen LogP contribution >= 0.6 is 0 Å². The van der Waals surface area contributed by atoms with Crippen LogP contribution in [0.5, 0.6) is 0 Å². The number of nitrogens with zero attached hydrogens (tertiary/aromatic N) is 1. The van der Waals surface area contributed by atoms with E-state index in [9.17, 15) is 10.2 Å². The third kappa shape index (κ3) is 16.1. The molecule has 25 heavy (non-hydrogen) atoms. The van der Waals surface area contributed by atoms with Gasteiger partial charge in [0, 0.05) is 31.8 Å². The standard InChI is InChI=1S/C22H43NO2/c1-4-7-10-13-16-21(24)19-23(18-15-12-9-6-3)20-22(25)17-14-11-8-5-2/h19-20,24-25H,4-18H2,1-3H3. The van der Waals surface area contributed by atoms with Gasteiger partial charge in [0.1, 0.15) is 11.5 Å². The summed E-state index contributed by atoms with van der Waals surface area (Å²) >= 11 is 0. The minimum Gasteiger partial charge on any atom is -0.511 e. The molecule has 0 rings (SSSR count). The monoisotopic (exact) mass is 353 g/mol. The summed E-state index contributed by atoms with van der Waals surface area (Å²) < 4.78 is 0. The fourth-order valence-electron chi connectivity index (χ4n) is 2.87. The van der Waals surface area contributed by atoms with Crippen molar-refractivity contribution < 1.29 is 10.2 Å². The fourth-order valence-corrected chi connectivity index (χ4v) is 2.87. The van der Waals surface area contributed by atoms with Gasteiger partial charge in [-0.15, -0.1) is 0 Å². The first kappa shape index (κ1) is 23.9. The van der Waals surface area contributed by atoms with E-state index >= 15 is 0 Å². The Bertz CT molecular complexity index is 322. The lowest BCUT2D eigenvalue weighted by Gasteiger charge is -2.17. The number of aliphatic hydroxyl groups is 2. The molecule has 148 valence electrons. The predicted octanol–water partition coefficient (Wildman–Crippen LogP) is 7.61. The molecular weight excluding hydrogens is 310 g/mol. The quantitative estimate of drug-likeness (QED) is 0.209. The zero-order chi connectivity index (χ0) is 18.8. The second kappa shape index (κ2) is 17.7. The first-order valence-corrected chi connectivity index (χ1v) is 10.7. The summed E-state index contributed by atoms with van der Waals surface area (Å²) in [5.74, 6) is 0.864. The Morgan fingerprint density at radius 3 is 1.40 bits per heavy atom. The molecule has 0 spiro atoms. The molecule has 0 heterocycles. The average Bonchev–Trinajstić information content (AvgIpc) is 2.59. The third-order valence-corrected chi connectivity index (χ3v) is 4.47. The van der Waals surface area contributed by atoms with Gasteiger partial charge in [-0.05, 0) is 19.3 Å². The molecule has 0 aromatic heterocycles. The lowest BCUT2D eigenvalue weighted by Crippen LogP contribution is -2.14. The molecule has 3 heteroatoms. The number of hydrogen-bond acceptors (Lipinski definition) is 3. The van der Waals surface area contributed by atoms with Gasteiger partial charge in [0.15, 0.2) is 0 Å². The van der Waals surface area contributed by atoms with Gasteiger partial charge >= 0.3 is 0 Å². The van der Waals surface area contributed by atoms with Gasteiger partial charge in [-0.25, -0.2) is 0 Å². The van der Waals surface area contributed by atoms with Crippen LogP contribution in [0, 0.1) is 0 Å². The number of allylic oxidation sites excluding steroid dienone is 2.